The van der Waals surface area contributed by atoms with E-state index in [2.05, 4.69) is 28.6 Å². The number of hydrogen-bond acceptors (Lipinski definition) is 5. The van der Waals surface area contributed by atoms with E-state index in [4.69, 9.17) is 0 Å². The summed E-state index contributed by atoms with van der Waals surface area (Å²) < 4.78 is 5.30. The maximum Gasteiger partial charge on any atom is 0.263 e. The number of thiophene rings is 2. The molecule has 154 valence electrons. The van der Waals surface area contributed by atoms with Crippen LogP contribution in [0.5, 0.6) is 0 Å². The molecule has 0 spiro atoms. The van der Waals surface area contributed by atoms with Crippen LogP contribution < -0.4 is 5.32 Å². The molecule has 1 aliphatic heterocycles. The van der Waals surface area contributed by atoms with Crippen LogP contribution in [0, 0.1) is 5.92 Å². The molecular formula is C22H22N4O2S2. The second-order valence-corrected chi connectivity index (χ2v) is 9.89. The second-order valence-electron chi connectivity index (χ2n) is 7.75. The Balaban J connectivity index is 1.18. The molecule has 30 heavy (non-hydrogen) atoms. The average Bonchev–Trinajstić information content (AvgIpc) is 3.46. The minimum Gasteiger partial charge on any atom is -0.352 e. The van der Waals surface area contributed by atoms with Gasteiger partial charge in [0.15, 0.2) is 0 Å². The number of aromatic nitrogens is 2. The lowest BCUT2D eigenvalue weighted by Gasteiger charge is -2.31. The maximum atomic E-state index is 13.0. The van der Waals surface area contributed by atoms with Gasteiger partial charge in [-0.1, -0.05) is 18.2 Å². The summed E-state index contributed by atoms with van der Waals surface area (Å²) in [4.78, 5) is 28.0. The molecule has 1 aliphatic rings. The molecule has 4 heterocycles. The molecule has 5 rings (SSSR count). The molecule has 0 atom stereocenters. The number of carbonyl (C=O) groups excluding carboxylic acids is 2. The van der Waals surface area contributed by atoms with Crippen molar-refractivity contribution in [3.8, 4) is 0 Å². The molecule has 0 aliphatic carbocycles. The highest BCUT2D eigenvalue weighted by Gasteiger charge is 2.25. The van der Waals surface area contributed by atoms with Gasteiger partial charge in [-0.05, 0) is 30.9 Å². The standard InChI is InChI=1S/C22H22N4O2S2/c1-25-13-15(12-24-25)21(27)23-11-14-6-8-26(9-7-14)22(28)19-10-18-20(30-19)16-4-2-3-5-17(16)29-18/h2-5,10,12-14H,6-9,11H2,1H3,(H,23,27). The van der Waals surface area contributed by atoms with Crippen molar-refractivity contribution in [3.63, 3.8) is 0 Å². The first kappa shape index (κ1) is 19.3. The Bertz CT molecular complexity index is 1230. The summed E-state index contributed by atoms with van der Waals surface area (Å²) >= 11 is 3.35. The number of piperidine rings is 1. The van der Waals surface area contributed by atoms with Crippen molar-refractivity contribution in [2.45, 2.75) is 12.8 Å². The number of rotatable bonds is 4. The fourth-order valence-electron chi connectivity index (χ4n) is 3.98. The van der Waals surface area contributed by atoms with E-state index in [0.29, 0.717) is 18.0 Å². The maximum absolute atomic E-state index is 13.0. The molecule has 8 heteroatoms. The molecule has 6 nitrogen and oxygen atoms in total. The number of carbonyl (C=O) groups is 2. The number of likely N-dealkylation sites (tertiary alicyclic amines) is 1. The molecule has 0 saturated carbocycles. The number of amides is 2. The Hall–Kier alpha value is -2.71. The highest BCUT2D eigenvalue weighted by atomic mass is 32.1. The fraction of sp³-hybridized carbons (Fsp3) is 0.318. The van der Waals surface area contributed by atoms with Gasteiger partial charge in [0, 0.05) is 47.7 Å². The zero-order valence-electron chi connectivity index (χ0n) is 16.6. The molecule has 3 aromatic heterocycles. The van der Waals surface area contributed by atoms with E-state index in [1.165, 1.54) is 19.5 Å². The van der Waals surface area contributed by atoms with E-state index in [-0.39, 0.29) is 11.8 Å². The van der Waals surface area contributed by atoms with Crippen LogP contribution in [0.3, 0.4) is 0 Å². The first-order valence-corrected chi connectivity index (χ1v) is 11.7. The Labute approximate surface area is 182 Å². The minimum absolute atomic E-state index is 0.0903. The highest BCUT2D eigenvalue weighted by Crippen LogP contribution is 2.39. The van der Waals surface area contributed by atoms with E-state index in [0.717, 1.165) is 30.8 Å². The van der Waals surface area contributed by atoms with E-state index in [9.17, 15) is 9.59 Å². The third-order valence-corrected chi connectivity index (χ3v) is 8.08. The molecule has 1 saturated heterocycles. The van der Waals surface area contributed by atoms with Crippen molar-refractivity contribution in [1.82, 2.24) is 20.0 Å². The first-order valence-electron chi connectivity index (χ1n) is 10.1. The van der Waals surface area contributed by atoms with Crippen LogP contribution in [0.1, 0.15) is 32.9 Å². The van der Waals surface area contributed by atoms with E-state index < -0.39 is 0 Å². The van der Waals surface area contributed by atoms with Gasteiger partial charge in [0.1, 0.15) is 0 Å². The summed E-state index contributed by atoms with van der Waals surface area (Å²) in [7, 11) is 1.79. The van der Waals surface area contributed by atoms with Crippen LogP contribution in [-0.2, 0) is 7.05 Å². The molecule has 1 fully saturated rings. The number of nitrogens with zero attached hydrogens (tertiary/aromatic N) is 3. The van der Waals surface area contributed by atoms with Gasteiger partial charge in [0.05, 0.1) is 21.3 Å². The fourth-order valence-corrected chi connectivity index (χ4v) is 6.47. The number of nitrogens with one attached hydrogen (secondary N) is 1. The normalized spacial score (nSPS) is 15.2. The lowest BCUT2D eigenvalue weighted by atomic mass is 9.96. The Morgan fingerprint density at radius 2 is 1.97 bits per heavy atom. The van der Waals surface area contributed by atoms with Crippen LogP contribution in [0.2, 0.25) is 0 Å². The van der Waals surface area contributed by atoms with E-state index in [1.54, 1.807) is 46.8 Å². The van der Waals surface area contributed by atoms with Gasteiger partial charge in [-0.15, -0.1) is 22.7 Å². The summed E-state index contributed by atoms with van der Waals surface area (Å²) in [6.45, 7) is 2.10. The SMILES string of the molecule is Cn1cc(C(=O)NCC2CCN(C(=O)c3cc4sc5ccccc5c4s3)CC2)cn1. The lowest BCUT2D eigenvalue weighted by Crippen LogP contribution is -2.41. The van der Waals surface area contributed by atoms with Crippen LogP contribution in [-0.4, -0.2) is 46.1 Å². The third kappa shape index (κ3) is 3.61. The molecule has 0 unspecified atom stereocenters. The first-order chi connectivity index (χ1) is 14.6. The van der Waals surface area contributed by atoms with Gasteiger partial charge in [-0.2, -0.15) is 5.10 Å². The van der Waals surface area contributed by atoms with Crippen molar-refractivity contribution < 1.29 is 9.59 Å². The molecule has 0 radical (unpaired) electrons. The Kier molecular flexibility index (Phi) is 5.04. The van der Waals surface area contributed by atoms with Crippen LogP contribution in [0.4, 0.5) is 0 Å². The minimum atomic E-state index is -0.0903. The van der Waals surface area contributed by atoms with Crippen LogP contribution >= 0.6 is 22.7 Å². The van der Waals surface area contributed by atoms with Crippen molar-refractivity contribution >= 4 is 54.0 Å². The third-order valence-electron chi connectivity index (χ3n) is 5.68. The van der Waals surface area contributed by atoms with Crippen molar-refractivity contribution in [2.24, 2.45) is 13.0 Å². The smallest absolute Gasteiger partial charge is 0.263 e. The van der Waals surface area contributed by atoms with Gasteiger partial charge in [0.25, 0.3) is 11.8 Å². The summed E-state index contributed by atoms with van der Waals surface area (Å²) in [6.07, 6.45) is 5.10. The summed E-state index contributed by atoms with van der Waals surface area (Å²) in [6, 6.07) is 10.4. The quantitative estimate of drug-likeness (QED) is 0.521. The lowest BCUT2D eigenvalue weighted by molar-refractivity contribution is 0.0689. The predicted octanol–water partition coefficient (Wildman–Crippen LogP) is 4.13. The van der Waals surface area contributed by atoms with Gasteiger partial charge in [-0.3, -0.25) is 14.3 Å². The number of hydrogen-bond donors (Lipinski definition) is 1. The van der Waals surface area contributed by atoms with Gasteiger partial charge in [-0.25, -0.2) is 0 Å². The van der Waals surface area contributed by atoms with E-state index >= 15 is 0 Å². The molecule has 0 bridgehead atoms. The molecular weight excluding hydrogens is 416 g/mol. The van der Waals surface area contributed by atoms with Crippen molar-refractivity contribution in [3.05, 3.63) is 53.2 Å². The predicted molar refractivity (Wildman–Crippen MR) is 121 cm³/mol. The van der Waals surface area contributed by atoms with Crippen molar-refractivity contribution in [1.29, 1.82) is 0 Å². The number of benzene rings is 1. The second kappa shape index (κ2) is 7.85. The van der Waals surface area contributed by atoms with Crippen LogP contribution in [0.15, 0.2) is 42.7 Å². The highest BCUT2D eigenvalue weighted by molar-refractivity contribution is 7.33. The van der Waals surface area contributed by atoms with Crippen molar-refractivity contribution in [2.75, 3.05) is 19.6 Å². The zero-order chi connectivity index (χ0) is 20.7. The number of aryl methyl sites for hydroxylation is 1. The monoisotopic (exact) mass is 438 g/mol. The van der Waals surface area contributed by atoms with Gasteiger partial charge in [0.2, 0.25) is 0 Å². The summed E-state index contributed by atoms with van der Waals surface area (Å²) in [5.41, 5.74) is 0.579. The van der Waals surface area contributed by atoms with E-state index in [1.807, 2.05) is 17.0 Å². The zero-order valence-corrected chi connectivity index (χ0v) is 18.3. The summed E-state index contributed by atoms with van der Waals surface area (Å²) in [5.74, 6) is 0.434. The Morgan fingerprint density at radius 3 is 2.73 bits per heavy atom. The molecule has 4 aromatic rings. The Morgan fingerprint density at radius 1 is 1.17 bits per heavy atom. The molecule has 2 amide bonds. The largest absolute Gasteiger partial charge is 0.352 e. The molecule has 1 aromatic carbocycles. The van der Waals surface area contributed by atoms with Crippen LogP contribution in [0.25, 0.3) is 19.5 Å². The summed E-state index contributed by atoms with van der Waals surface area (Å²) in [5, 5.41) is 8.27. The molecule has 1 N–H and O–H groups in total. The average molecular weight is 439 g/mol. The number of fused-ring (bicyclic) bond motifs is 3. The van der Waals surface area contributed by atoms with Gasteiger partial charge < -0.3 is 10.2 Å². The van der Waals surface area contributed by atoms with Gasteiger partial charge >= 0.3 is 0 Å². The topological polar surface area (TPSA) is 67.2 Å².